The number of aryl methyl sites for hydroxylation is 1. The number of rotatable bonds is 5. The molecular weight excluding hydrogens is 392 g/mol. The van der Waals surface area contributed by atoms with E-state index in [0.29, 0.717) is 29.6 Å². The van der Waals surface area contributed by atoms with E-state index in [0.717, 1.165) is 24.2 Å². The zero-order chi connectivity index (χ0) is 20.4. The highest BCUT2D eigenvalue weighted by atomic mass is 35.5. The summed E-state index contributed by atoms with van der Waals surface area (Å²) >= 11 is 6.04. The zero-order valence-electron chi connectivity index (χ0n) is 16.0. The van der Waals surface area contributed by atoms with Crippen molar-refractivity contribution >= 4 is 17.5 Å². The lowest BCUT2D eigenvalue weighted by atomic mass is 10.1. The maximum absolute atomic E-state index is 12.8. The second-order valence-corrected chi connectivity index (χ2v) is 7.62. The molecule has 3 heterocycles. The molecule has 1 atom stereocenters. The van der Waals surface area contributed by atoms with E-state index in [1.807, 2.05) is 24.3 Å². The molecule has 3 aromatic rings. The van der Waals surface area contributed by atoms with Gasteiger partial charge in [-0.3, -0.25) is 9.59 Å². The molecule has 1 aliphatic heterocycles. The minimum Gasteiger partial charge on any atom is -0.443 e. The number of halogens is 1. The number of amides is 1. The second kappa shape index (κ2) is 8.21. The second-order valence-electron chi connectivity index (χ2n) is 7.19. The van der Waals surface area contributed by atoms with Crippen molar-refractivity contribution in [2.24, 2.45) is 0 Å². The standard InChI is InChI=1S/C21H21ClN4O3/c1-14-7-8-19(27)26(24-14)13-20(28)25-9-3-6-18(25)21-23-12-17(29-21)11-15-4-2-5-16(22)10-15/h2,4-5,7-8,10,12,18H,3,6,9,11,13H2,1H3/t18-/m0/s1. The lowest BCUT2D eigenvalue weighted by Crippen LogP contribution is -2.37. The molecule has 7 nitrogen and oxygen atoms in total. The summed E-state index contributed by atoms with van der Waals surface area (Å²) in [6.07, 6.45) is 3.91. The number of carbonyl (C=O) groups is 1. The number of benzene rings is 1. The maximum atomic E-state index is 12.8. The van der Waals surface area contributed by atoms with Crippen LogP contribution in [0.3, 0.4) is 0 Å². The van der Waals surface area contributed by atoms with E-state index in [1.54, 1.807) is 24.1 Å². The smallest absolute Gasteiger partial charge is 0.267 e. The van der Waals surface area contributed by atoms with Crippen molar-refractivity contribution in [3.8, 4) is 0 Å². The first-order valence-electron chi connectivity index (χ1n) is 9.53. The number of oxazole rings is 1. The fourth-order valence-corrected chi connectivity index (χ4v) is 3.82. The number of aromatic nitrogens is 3. The summed E-state index contributed by atoms with van der Waals surface area (Å²) in [6, 6.07) is 10.4. The van der Waals surface area contributed by atoms with Gasteiger partial charge in [0.15, 0.2) is 0 Å². The minimum atomic E-state index is -0.292. The van der Waals surface area contributed by atoms with E-state index in [2.05, 4.69) is 10.1 Å². The summed E-state index contributed by atoms with van der Waals surface area (Å²) in [5, 5.41) is 4.82. The number of carbonyl (C=O) groups excluding carboxylic acids is 1. The van der Waals surface area contributed by atoms with Gasteiger partial charge in [0, 0.05) is 24.1 Å². The Kier molecular flexibility index (Phi) is 5.49. The van der Waals surface area contributed by atoms with Gasteiger partial charge < -0.3 is 9.32 Å². The van der Waals surface area contributed by atoms with Crippen LogP contribution in [0.5, 0.6) is 0 Å². The molecule has 1 aromatic carbocycles. The first-order chi connectivity index (χ1) is 14.0. The van der Waals surface area contributed by atoms with Gasteiger partial charge in [0.2, 0.25) is 11.8 Å². The molecule has 0 bridgehead atoms. The van der Waals surface area contributed by atoms with Crippen molar-refractivity contribution in [1.29, 1.82) is 0 Å². The molecule has 1 amide bonds. The van der Waals surface area contributed by atoms with Gasteiger partial charge in [-0.15, -0.1) is 0 Å². The van der Waals surface area contributed by atoms with Gasteiger partial charge in [-0.25, -0.2) is 9.67 Å². The van der Waals surface area contributed by atoms with Crippen LogP contribution in [-0.2, 0) is 17.8 Å². The SMILES string of the molecule is Cc1ccc(=O)n(CC(=O)N2CCC[C@H]2c2ncc(Cc3cccc(Cl)c3)o2)n1. The topological polar surface area (TPSA) is 81.2 Å². The van der Waals surface area contributed by atoms with Crippen LogP contribution in [-0.4, -0.2) is 32.1 Å². The van der Waals surface area contributed by atoms with Crippen LogP contribution < -0.4 is 5.56 Å². The quantitative estimate of drug-likeness (QED) is 0.643. The van der Waals surface area contributed by atoms with Crippen molar-refractivity contribution in [1.82, 2.24) is 19.7 Å². The van der Waals surface area contributed by atoms with Crippen LogP contribution >= 0.6 is 11.6 Å². The van der Waals surface area contributed by atoms with Crippen molar-refractivity contribution in [3.63, 3.8) is 0 Å². The van der Waals surface area contributed by atoms with E-state index in [-0.39, 0.29) is 24.1 Å². The molecule has 0 N–H and O–H groups in total. The summed E-state index contributed by atoms with van der Waals surface area (Å²) in [5.74, 6) is 1.08. The number of hydrogen-bond donors (Lipinski definition) is 0. The van der Waals surface area contributed by atoms with Gasteiger partial charge >= 0.3 is 0 Å². The first kappa shape index (κ1) is 19.4. The summed E-state index contributed by atoms with van der Waals surface area (Å²) < 4.78 is 7.15. The Balaban J connectivity index is 1.48. The fourth-order valence-electron chi connectivity index (χ4n) is 3.61. The van der Waals surface area contributed by atoms with Gasteiger partial charge in [-0.2, -0.15) is 5.10 Å². The minimum absolute atomic E-state index is 0.0902. The molecule has 0 spiro atoms. The molecule has 4 rings (SSSR count). The molecule has 0 unspecified atom stereocenters. The molecule has 1 fully saturated rings. The van der Waals surface area contributed by atoms with E-state index >= 15 is 0 Å². The molecule has 8 heteroatoms. The molecule has 29 heavy (non-hydrogen) atoms. The third-order valence-electron chi connectivity index (χ3n) is 4.98. The summed E-state index contributed by atoms with van der Waals surface area (Å²) in [7, 11) is 0. The third-order valence-corrected chi connectivity index (χ3v) is 5.22. The van der Waals surface area contributed by atoms with Crippen molar-refractivity contribution in [2.45, 2.75) is 38.8 Å². The third kappa shape index (κ3) is 4.40. The molecule has 1 saturated heterocycles. The van der Waals surface area contributed by atoms with Gasteiger partial charge in [0.1, 0.15) is 18.3 Å². The van der Waals surface area contributed by atoms with Crippen molar-refractivity contribution in [2.75, 3.05) is 6.54 Å². The molecule has 0 saturated carbocycles. The predicted molar refractivity (Wildman–Crippen MR) is 108 cm³/mol. The molecular formula is C21H21ClN4O3. The lowest BCUT2D eigenvalue weighted by molar-refractivity contribution is -0.133. The summed E-state index contributed by atoms with van der Waals surface area (Å²) in [4.78, 5) is 30.9. The Morgan fingerprint density at radius 3 is 3.00 bits per heavy atom. The van der Waals surface area contributed by atoms with Gasteiger partial charge in [-0.05, 0) is 43.5 Å². The Morgan fingerprint density at radius 1 is 1.31 bits per heavy atom. The fraction of sp³-hybridized carbons (Fsp3) is 0.333. The molecule has 0 radical (unpaired) electrons. The van der Waals surface area contributed by atoms with E-state index < -0.39 is 0 Å². The van der Waals surface area contributed by atoms with Crippen molar-refractivity contribution in [3.05, 3.63) is 80.9 Å². The van der Waals surface area contributed by atoms with Gasteiger partial charge in [0.05, 0.1) is 11.9 Å². The van der Waals surface area contributed by atoms with Crippen LogP contribution in [0.2, 0.25) is 5.02 Å². The van der Waals surface area contributed by atoms with Crippen LogP contribution in [0.1, 0.15) is 41.8 Å². The summed E-state index contributed by atoms with van der Waals surface area (Å²) in [5.41, 5.74) is 1.43. The molecule has 150 valence electrons. The normalized spacial score (nSPS) is 16.3. The number of likely N-dealkylation sites (tertiary alicyclic amines) is 1. The maximum Gasteiger partial charge on any atom is 0.267 e. The largest absolute Gasteiger partial charge is 0.443 e. The average molecular weight is 413 g/mol. The monoisotopic (exact) mass is 412 g/mol. The highest BCUT2D eigenvalue weighted by molar-refractivity contribution is 6.30. The van der Waals surface area contributed by atoms with E-state index in [4.69, 9.17) is 16.0 Å². The van der Waals surface area contributed by atoms with E-state index in [1.165, 1.54) is 10.7 Å². The molecule has 0 aliphatic carbocycles. The van der Waals surface area contributed by atoms with Crippen LogP contribution in [0.25, 0.3) is 0 Å². The highest BCUT2D eigenvalue weighted by Crippen LogP contribution is 2.32. The first-order valence-corrected chi connectivity index (χ1v) is 9.91. The van der Waals surface area contributed by atoms with Crippen LogP contribution in [0.4, 0.5) is 0 Å². The molecule has 2 aromatic heterocycles. The van der Waals surface area contributed by atoms with Crippen LogP contribution in [0.15, 0.2) is 51.8 Å². The number of hydrogen-bond acceptors (Lipinski definition) is 5. The Labute approximate surface area is 172 Å². The van der Waals surface area contributed by atoms with Crippen molar-refractivity contribution < 1.29 is 9.21 Å². The van der Waals surface area contributed by atoms with Gasteiger partial charge in [0.25, 0.3) is 5.56 Å². The van der Waals surface area contributed by atoms with Gasteiger partial charge in [-0.1, -0.05) is 23.7 Å². The Morgan fingerprint density at radius 2 is 2.17 bits per heavy atom. The number of nitrogens with zero attached hydrogens (tertiary/aromatic N) is 4. The molecule has 1 aliphatic rings. The summed E-state index contributed by atoms with van der Waals surface area (Å²) in [6.45, 7) is 2.30. The zero-order valence-corrected chi connectivity index (χ0v) is 16.8. The Hall–Kier alpha value is -2.93. The van der Waals surface area contributed by atoms with Crippen LogP contribution in [0, 0.1) is 6.92 Å². The Bertz CT molecular complexity index is 1090. The van der Waals surface area contributed by atoms with E-state index in [9.17, 15) is 9.59 Å². The predicted octanol–water partition coefficient (Wildman–Crippen LogP) is 3.15. The average Bonchev–Trinajstić information content (AvgIpc) is 3.34. The lowest BCUT2D eigenvalue weighted by Gasteiger charge is -2.22. The highest BCUT2D eigenvalue weighted by Gasteiger charge is 2.33.